The Morgan fingerprint density at radius 2 is 1.88 bits per heavy atom. The number of nitrogens with one attached hydrogen (secondary N) is 1. The van der Waals surface area contributed by atoms with Gasteiger partial charge >= 0.3 is 5.95 Å². The molecule has 0 aliphatic heterocycles. The number of hydrogen-bond donors (Lipinski definition) is 1. The fourth-order valence-electron chi connectivity index (χ4n) is 1.00. The first-order valence-corrected chi connectivity index (χ1v) is 4.95. The number of rotatable bonds is 4. The van der Waals surface area contributed by atoms with Gasteiger partial charge in [-0.05, 0) is 24.3 Å². The molecule has 0 aliphatic carbocycles. The van der Waals surface area contributed by atoms with Gasteiger partial charge in [0.25, 0.3) is 0 Å². The van der Waals surface area contributed by atoms with Gasteiger partial charge in [0.2, 0.25) is 0 Å². The fourth-order valence-corrected chi connectivity index (χ4v) is 1.00. The lowest BCUT2D eigenvalue weighted by Gasteiger charge is -1.94. The zero-order valence-electron chi connectivity index (χ0n) is 9.09. The van der Waals surface area contributed by atoms with Crippen molar-refractivity contribution in [2.75, 3.05) is 0 Å². The molecule has 86 valence electrons. The van der Waals surface area contributed by atoms with Crippen molar-refractivity contribution >= 4 is 11.6 Å². The fraction of sp³-hybridized carbons (Fsp3) is 0.222. The molecule has 8 heteroatoms. The number of benzene rings is 1. The molecule has 0 saturated carbocycles. The van der Waals surface area contributed by atoms with Gasteiger partial charge in [0.1, 0.15) is 0 Å². The Morgan fingerprint density at radius 3 is 2.59 bits per heavy atom. The molecule has 0 radical (unpaired) electrons. The quantitative estimate of drug-likeness (QED) is 0.815. The molecule has 17 heavy (non-hydrogen) atoms. The Balaban J connectivity index is 1.93. The van der Waals surface area contributed by atoms with Gasteiger partial charge in [-0.25, -0.2) is 0 Å². The number of tetrazole rings is 1. The molecule has 0 fully saturated rings. The first-order chi connectivity index (χ1) is 8.34. The SMILES string of the molecule is CC(N=Nc1ccccc1)N=Nc1nn[nH]n1. The van der Waals surface area contributed by atoms with Crippen molar-refractivity contribution in [1.82, 2.24) is 20.6 Å². The van der Waals surface area contributed by atoms with Crippen LogP contribution in [0.4, 0.5) is 11.6 Å². The van der Waals surface area contributed by atoms with E-state index in [2.05, 4.69) is 41.1 Å². The summed E-state index contributed by atoms with van der Waals surface area (Å²) in [6.07, 6.45) is -0.395. The summed E-state index contributed by atoms with van der Waals surface area (Å²) >= 11 is 0. The van der Waals surface area contributed by atoms with Crippen LogP contribution in [0.3, 0.4) is 0 Å². The number of hydrogen-bond acceptors (Lipinski definition) is 7. The van der Waals surface area contributed by atoms with Crippen LogP contribution >= 0.6 is 0 Å². The van der Waals surface area contributed by atoms with E-state index in [0.29, 0.717) is 0 Å². The molecule has 0 amide bonds. The average molecular weight is 230 g/mol. The highest BCUT2D eigenvalue weighted by Gasteiger charge is 1.97. The van der Waals surface area contributed by atoms with E-state index in [4.69, 9.17) is 0 Å². The molecule has 1 heterocycles. The van der Waals surface area contributed by atoms with E-state index in [-0.39, 0.29) is 5.95 Å². The topological polar surface area (TPSA) is 104 Å². The third-order valence-corrected chi connectivity index (χ3v) is 1.74. The van der Waals surface area contributed by atoms with Crippen LogP contribution in [0.1, 0.15) is 6.92 Å². The molecular formula is C9H10N8. The molecule has 2 rings (SSSR count). The minimum atomic E-state index is -0.395. The van der Waals surface area contributed by atoms with Crippen molar-refractivity contribution in [3.8, 4) is 0 Å². The number of azo groups is 2. The Morgan fingerprint density at radius 1 is 1.12 bits per heavy atom. The van der Waals surface area contributed by atoms with Gasteiger partial charge in [-0.15, -0.1) is 10.2 Å². The zero-order valence-corrected chi connectivity index (χ0v) is 9.09. The standard InChI is InChI=1S/C9H10N8/c1-7(11-13-9-14-16-17-15-9)10-12-8-5-3-2-4-6-8/h2-7H,1H3,(H,14,15,16,17). The summed E-state index contributed by atoms with van der Waals surface area (Å²) < 4.78 is 0. The summed E-state index contributed by atoms with van der Waals surface area (Å²) in [7, 11) is 0. The van der Waals surface area contributed by atoms with Gasteiger partial charge in [-0.1, -0.05) is 23.3 Å². The maximum Gasteiger partial charge on any atom is 0.307 e. The van der Waals surface area contributed by atoms with Gasteiger partial charge in [-0.2, -0.15) is 20.6 Å². The summed E-state index contributed by atoms with van der Waals surface area (Å²) in [4.78, 5) is 0. The number of aromatic amines is 1. The van der Waals surface area contributed by atoms with Crippen molar-refractivity contribution in [2.24, 2.45) is 20.5 Å². The molecule has 1 aromatic carbocycles. The molecule has 1 N–H and O–H groups in total. The third kappa shape index (κ3) is 3.52. The largest absolute Gasteiger partial charge is 0.307 e. The van der Waals surface area contributed by atoms with Gasteiger partial charge in [-0.3, -0.25) is 0 Å². The van der Waals surface area contributed by atoms with Gasteiger partial charge < -0.3 is 0 Å². The molecular weight excluding hydrogens is 220 g/mol. The second-order valence-corrected chi connectivity index (χ2v) is 3.11. The summed E-state index contributed by atoms with van der Waals surface area (Å²) in [6, 6.07) is 9.40. The first-order valence-electron chi connectivity index (χ1n) is 4.95. The monoisotopic (exact) mass is 230 g/mol. The molecule has 2 aromatic rings. The first kappa shape index (κ1) is 11.0. The van der Waals surface area contributed by atoms with Crippen molar-refractivity contribution in [3.63, 3.8) is 0 Å². The van der Waals surface area contributed by atoms with E-state index in [1.54, 1.807) is 6.92 Å². The van der Waals surface area contributed by atoms with Gasteiger partial charge in [0, 0.05) is 0 Å². The van der Waals surface area contributed by atoms with Crippen LogP contribution < -0.4 is 0 Å². The maximum atomic E-state index is 4.01. The average Bonchev–Trinajstić information content (AvgIpc) is 2.88. The van der Waals surface area contributed by atoms with E-state index in [9.17, 15) is 0 Å². The summed E-state index contributed by atoms with van der Waals surface area (Å²) in [5, 5.41) is 28.5. The van der Waals surface area contributed by atoms with E-state index < -0.39 is 6.17 Å². The zero-order chi connectivity index (χ0) is 11.9. The Bertz CT molecular complexity index is 489. The lowest BCUT2D eigenvalue weighted by Crippen LogP contribution is -1.88. The summed E-state index contributed by atoms with van der Waals surface area (Å²) in [5.74, 6) is 0.173. The predicted molar refractivity (Wildman–Crippen MR) is 59.1 cm³/mol. The lowest BCUT2D eigenvalue weighted by molar-refractivity contribution is 0.700. The van der Waals surface area contributed by atoms with Crippen molar-refractivity contribution in [3.05, 3.63) is 30.3 Å². The van der Waals surface area contributed by atoms with E-state index in [1.165, 1.54) is 0 Å². The van der Waals surface area contributed by atoms with Crippen LogP contribution in [-0.4, -0.2) is 26.8 Å². The molecule has 0 spiro atoms. The highest BCUT2D eigenvalue weighted by Crippen LogP contribution is 2.12. The summed E-state index contributed by atoms with van der Waals surface area (Å²) in [5.41, 5.74) is 0.772. The van der Waals surface area contributed by atoms with Crippen molar-refractivity contribution in [1.29, 1.82) is 0 Å². The second kappa shape index (κ2) is 5.54. The predicted octanol–water partition coefficient (Wildman–Crippen LogP) is 2.41. The van der Waals surface area contributed by atoms with Crippen LogP contribution in [0.15, 0.2) is 50.8 Å². The number of H-pyrrole nitrogens is 1. The molecule has 0 aliphatic rings. The highest BCUT2D eigenvalue weighted by molar-refractivity contribution is 5.34. The van der Waals surface area contributed by atoms with E-state index >= 15 is 0 Å². The molecule has 1 aromatic heterocycles. The number of nitrogens with zero attached hydrogens (tertiary/aromatic N) is 7. The lowest BCUT2D eigenvalue weighted by atomic mass is 10.3. The number of aromatic nitrogens is 4. The Labute approximate surface area is 96.9 Å². The van der Waals surface area contributed by atoms with Crippen LogP contribution in [0.25, 0.3) is 0 Å². The summed E-state index contributed by atoms with van der Waals surface area (Å²) in [6.45, 7) is 1.76. The van der Waals surface area contributed by atoms with Crippen molar-refractivity contribution in [2.45, 2.75) is 13.1 Å². The maximum absolute atomic E-state index is 4.01. The smallest absolute Gasteiger partial charge is 0.175 e. The second-order valence-electron chi connectivity index (χ2n) is 3.11. The van der Waals surface area contributed by atoms with Crippen LogP contribution in [0.2, 0.25) is 0 Å². The third-order valence-electron chi connectivity index (χ3n) is 1.74. The Kier molecular flexibility index (Phi) is 3.58. The van der Waals surface area contributed by atoms with E-state index in [0.717, 1.165) is 5.69 Å². The minimum absolute atomic E-state index is 0.173. The normalized spacial score (nSPS) is 13.5. The molecule has 1 unspecified atom stereocenters. The van der Waals surface area contributed by atoms with Crippen LogP contribution in [0, 0.1) is 0 Å². The van der Waals surface area contributed by atoms with Crippen LogP contribution in [0.5, 0.6) is 0 Å². The van der Waals surface area contributed by atoms with Gasteiger partial charge in [0.15, 0.2) is 6.17 Å². The molecule has 0 bridgehead atoms. The van der Waals surface area contributed by atoms with Crippen LogP contribution in [-0.2, 0) is 0 Å². The Hall–Kier alpha value is -2.51. The highest BCUT2D eigenvalue weighted by atomic mass is 15.5. The minimum Gasteiger partial charge on any atom is -0.175 e. The van der Waals surface area contributed by atoms with Crippen molar-refractivity contribution < 1.29 is 0 Å². The molecule has 0 saturated heterocycles. The molecule has 1 atom stereocenters. The van der Waals surface area contributed by atoms with E-state index in [1.807, 2.05) is 30.3 Å². The molecule has 8 nitrogen and oxygen atoms in total. The van der Waals surface area contributed by atoms with Gasteiger partial charge in [0.05, 0.1) is 5.69 Å².